The first-order valence-corrected chi connectivity index (χ1v) is 6.01. The third-order valence-electron chi connectivity index (χ3n) is 3.40. The highest BCUT2D eigenvalue weighted by Gasteiger charge is 2.40. The molecule has 0 aromatic rings. The van der Waals surface area contributed by atoms with E-state index in [-0.39, 0.29) is 25.0 Å². The van der Waals surface area contributed by atoms with Gasteiger partial charge in [-0.1, -0.05) is 0 Å². The molecule has 0 bridgehead atoms. The number of carbonyl (C=O) groups is 2. The van der Waals surface area contributed by atoms with Gasteiger partial charge in [-0.25, -0.2) is 0 Å². The summed E-state index contributed by atoms with van der Waals surface area (Å²) < 4.78 is 15.4. The Morgan fingerprint density at radius 3 is 3.00 bits per heavy atom. The fourth-order valence-electron chi connectivity index (χ4n) is 2.01. The molecule has 2 fully saturated rings. The highest BCUT2D eigenvalue weighted by molar-refractivity contribution is 5.80. The molecule has 0 radical (unpaired) electrons. The monoisotopic (exact) mass is 242 g/mol. The zero-order valence-corrected chi connectivity index (χ0v) is 10.1. The van der Waals surface area contributed by atoms with Crippen molar-refractivity contribution in [3.05, 3.63) is 0 Å². The Labute approximate surface area is 100 Å². The van der Waals surface area contributed by atoms with Crippen LogP contribution in [0.2, 0.25) is 0 Å². The molecule has 0 aliphatic carbocycles. The molecular weight excluding hydrogens is 224 g/mol. The fourth-order valence-corrected chi connectivity index (χ4v) is 2.01. The molecule has 2 heterocycles. The lowest BCUT2D eigenvalue weighted by atomic mass is 9.85. The second-order valence-electron chi connectivity index (χ2n) is 5.05. The van der Waals surface area contributed by atoms with Crippen LogP contribution in [-0.2, 0) is 23.8 Å². The number of esters is 2. The molecule has 0 amide bonds. The van der Waals surface area contributed by atoms with E-state index in [1.165, 1.54) is 0 Å². The molecule has 2 atom stereocenters. The first-order chi connectivity index (χ1) is 8.10. The van der Waals surface area contributed by atoms with Gasteiger partial charge >= 0.3 is 11.9 Å². The minimum absolute atomic E-state index is 0.131. The van der Waals surface area contributed by atoms with Crippen LogP contribution in [0.4, 0.5) is 0 Å². The molecule has 0 spiro atoms. The minimum Gasteiger partial charge on any atom is -0.465 e. The lowest BCUT2D eigenvalue weighted by Crippen LogP contribution is -2.40. The van der Waals surface area contributed by atoms with E-state index in [0.29, 0.717) is 25.6 Å². The van der Waals surface area contributed by atoms with E-state index in [1.54, 1.807) is 6.92 Å². The average Bonchev–Trinajstić information content (AvgIpc) is 2.83. The summed E-state index contributed by atoms with van der Waals surface area (Å²) in [7, 11) is 0. The Bertz CT molecular complexity index is 296. The van der Waals surface area contributed by atoms with Gasteiger partial charge in [0.2, 0.25) is 0 Å². The van der Waals surface area contributed by atoms with Gasteiger partial charge in [0.15, 0.2) is 0 Å². The number of rotatable bonds is 3. The SMILES string of the molecule is CC1(C(=O)OCC2CCOC2)CCC(=O)OC1. The van der Waals surface area contributed by atoms with Gasteiger partial charge in [-0.05, 0) is 19.8 Å². The van der Waals surface area contributed by atoms with Gasteiger partial charge in [-0.2, -0.15) is 0 Å². The summed E-state index contributed by atoms with van der Waals surface area (Å²) in [5.41, 5.74) is -0.673. The quantitative estimate of drug-likeness (QED) is 0.688. The summed E-state index contributed by atoms with van der Waals surface area (Å²) in [6.07, 6.45) is 1.74. The van der Waals surface area contributed by atoms with Gasteiger partial charge in [0.05, 0.1) is 18.6 Å². The van der Waals surface area contributed by atoms with Crippen LogP contribution in [0.15, 0.2) is 0 Å². The number of carbonyl (C=O) groups excluding carboxylic acids is 2. The molecule has 0 N–H and O–H groups in total. The van der Waals surface area contributed by atoms with Crippen LogP contribution in [-0.4, -0.2) is 38.4 Å². The predicted octanol–water partition coefficient (Wildman–Crippen LogP) is 0.909. The van der Waals surface area contributed by atoms with Crippen LogP contribution < -0.4 is 0 Å². The molecule has 0 aromatic heterocycles. The highest BCUT2D eigenvalue weighted by Crippen LogP contribution is 2.30. The number of cyclic esters (lactones) is 1. The van der Waals surface area contributed by atoms with E-state index in [0.717, 1.165) is 13.0 Å². The Kier molecular flexibility index (Phi) is 3.66. The fraction of sp³-hybridized carbons (Fsp3) is 0.833. The molecule has 2 rings (SSSR count). The first kappa shape index (κ1) is 12.4. The largest absolute Gasteiger partial charge is 0.465 e. The van der Waals surface area contributed by atoms with E-state index >= 15 is 0 Å². The molecule has 96 valence electrons. The van der Waals surface area contributed by atoms with Crippen LogP contribution in [0.1, 0.15) is 26.2 Å². The molecule has 2 unspecified atom stereocenters. The second kappa shape index (κ2) is 5.04. The van der Waals surface area contributed by atoms with Crippen molar-refractivity contribution >= 4 is 11.9 Å². The van der Waals surface area contributed by atoms with E-state index in [2.05, 4.69) is 0 Å². The maximum absolute atomic E-state index is 11.9. The summed E-state index contributed by atoms with van der Waals surface area (Å²) >= 11 is 0. The summed E-state index contributed by atoms with van der Waals surface area (Å²) in [4.78, 5) is 22.9. The summed E-state index contributed by atoms with van der Waals surface area (Å²) in [5.74, 6) is -0.190. The van der Waals surface area contributed by atoms with Crippen molar-refractivity contribution in [1.82, 2.24) is 0 Å². The standard InChI is InChI=1S/C12H18O5/c1-12(4-2-10(13)17-8-12)11(14)16-7-9-3-5-15-6-9/h9H,2-8H2,1H3. The van der Waals surface area contributed by atoms with Gasteiger partial charge in [0, 0.05) is 18.9 Å². The van der Waals surface area contributed by atoms with Crippen molar-refractivity contribution in [3.63, 3.8) is 0 Å². The Morgan fingerprint density at radius 1 is 1.59 bits per heavy atom. The average molecular weight is 242 g/mol. The van der Waals surface area contributed by atoms with Crippen molar-refractivity contribution in [2.45, 2.75) is 26.2 Å². The van der Waals surface area contributed by atoms with Gasteiger partial charge in [0.25, 0.3) is 0 Å². The number of hydrogen-bond donors (Lipinski definition) is 0. The Hall–Kier alpha value is -1.10. The zero-order chi connectivity index (χ0) is 12.3. The van der Waals surface area contributed by atoms with Crippen molar-refractivity contribution in [3.8, 4) is 0 Å². The Morgan fingerprint density at radius 2 is 2.41 bits per heavy atom. The second-order valence-corrected chi connectivity index (χ2v) is 5.05. The molecule has 0 saturated carbocycles. The van der Waals surface area contributed by atoms with Crippen molar-refractivity contribution in [2.24, 2.45) is 11.3 Å². The maximum Gasteiger partial charge on any atom is 0.315 e. The first-order valence-electron chi connectivity index (χ1n) is 6.01. The Balaban J connectivity index is 1.79. The molecule has 17 heavy (non-hydrogen) atoms. The molecule has 0 aromatic carbocycles. The maximum atomic E-state index is 11.9. The smallest absolute Gasteiger partial charge is 0.315 e. The summed E-state index contributed by atoms with van der Waals surface area (Å²) in [6.45, 7) is 3.73. The van der Waals surface area contributed by atoms with Crippen LogP contribution in [0.3, 0.4) is 0 Å². The van der Waals surface area contributed by atoms with Crippen LogP contribution in [0, 0.1) is 11.3 Å². The minimum atomic E-state index is -0.673. The van der Waals surface area contributed by atoms with Gasteiger partial charge in [-0.15, -0.1) is 0 Å². The lowest BCUT2D eigenvalue weighted by Gasteiger charge is -2.30. The molecule has 2 aliphatic heterocycles. The van der Waals surface area contributed by atoms with Crippen molar-refractivity contribution in [1.29, 1.82) is 0 Å². The number of hydrogen-bond acceptors (Lipinski definition) is 5. The molecule has 5 heteroatoms. The topological polar surface area (TPSA) is 61.8 Å². The highest BCUT2D eigenvalue weighted by atomic mass is 16.6. The summed E-state index contributed by atoms with van der Waals surface area (Å²) in [6, 6.07) is 0. The van der Waals surface area contributed by atoms with Gasteiger partial charge in [0.1, 0.15) is 6.61 Å². The van der Waals surface area contributed by atoms with E-state index < -0.39 is 5.41 Å². The number of ether oxygens (including phenoxy) is 3. The molecule has 2 aliphatic rings. The molecular formula is C12H18O5. The third kappa shape index (κ3) is 2.97. The van der Waals surface area contributed by atoms with Crippen molar-refractivity contribution < 1.29 is 23.8 Å². The van der Waals surface area contributed by atoms with E-state index in [9.17, 15) is 9.59 Å². The van der Waals surface area contributed by atoms with Crippen molar-refractivity contribution in [2.75, 3.05) is 26.4 Å². The van der Waals surface area contributed by atoms with Crippen LogP contribution >= 0.6 is 0 Å². The lowest BCUT2D eigenvalue weighted by molar-refractivity contribution is -0.170. The predicted molar refractivity (Wildman–Crippen MR) is 58.2 cm³/mol. The van der Waals surface area contributed by atoms with E-state index in [1.807, 2.05) is 0 Å². The van der Waals surface area contributed by atoms with Crippen LogP contribution in [0.25, 0.3) is 0 Å². The zero-order valence-electron chi connectivity index (χ0n) is 10.1. The van der Waals surface area contributed by atoms with Gasteiger partial charge in [-0.3, -0.25) is 9.59 Å². The molecule has 5 nitrogen and oxygen atoms in total. The van der Waals surface area contributed by atoms with Gasteiger partial charge < -0.3 is 14.2 Å². The van der Waals surface area contributed by atoms with E-state index in [4.69, 9.17) is 14.2 Å². The molecule has 2 saturated heterocycles. The normalized spacial score (nSPS) is 33.2. The van der Waals surface area contributed by atoms with Crippen LogP contribution in [0.5, 0.6) is 0 Å². The summed E-state index contributed by atoms with van der Waals surface area (Å²) in [5, 5.41) is 0. The third-order valence-corrected chi connectivity index (χ3v) is 3.40.